The molecule has 29 heavy (non-hydrogen) atoms. The molecule has 0 atom stereocenters. The maximum absolute atomic E-state index is 12.8. The van der Waals surface area contributed by atoms with Crippen LogP contribution >= 0.6 is 0 Å². The van der Waals surface area contributed by atoms with E-state index in [1.165, 1.54) is 12.1 Å². The summed E-state index contributed by atoms with van der Waals surface area (Å²) in [4.78, 5) is 12.4. The third-order valence-corrected chi connectivity index (χ3v) is 7.10. The van der Waals surface area contributed by atoms with Gasteiger partial charge in [-0.25, -0.2) is 8.42 Å². The van der Waals surface area contributed by atoms with Crippen LogP contribution in [0.25, 0.3) is 0 Å². The molecule has 1 N–H and O–H groups in total. The van der Waals surface area contributed by atoms with E-state index in [1.54, 1.807) is 16.4 Å². The second-order valence-corrected chi connectivity index (χ2v) is 9.36. The predicted molar refractivity (Wildman–Crippen MR) is 114 cm³/mol. The Kier molecular flexibility index (Phi) is 6.92. The summed E-state index contributed by atoms with van der Waals surface area (Å²) in [5.74, 6) is 0.185. The molecule has 1 aliphatic rings. The van der Waals surface area contributed by atoms with Gasteiger partial charge >= 0.3 is 0 Å². The second kappa shape index (κ2) is 9.41. The van der Waals surface area contributed by atoms with Crippen LogP contribution in [-0.2, 0) is 14.8 Å². The summed E-state index contributed by atoms with van der Waals surface area (Å²) in [6.45, 7) is 4.99. The van der Waals surface area contributed by atoms with Crippen LogP contribution in [0.15, 0.2) is 47.4 Å². The van der Waals surface area contributed by atoms with Gasteiger partial charge in [-0.05, 0) is 74.2 Å². The van der Waals surface area contributed by atoms with Crippen LogP contribution in [0.1, 0.15) is 36.8 Å². The quantitative estimate of drug-likeness (QED) is 0.775. The molecule has 7 heteroatoms. The molecule has 6 nitrogen and oxygen atoms in total. The molecule has 0 bridgehead atoms. The highest BCUT2D eigenvalue weighted by atomic mass is 32.2. The van der Waals surface area contributed by atoms with Gasteiger partial charge in [-0.15, -0.1) is 0 Å². The van der Waals surface area contributed by atoms with Gasteiger partial charge in [0.15, 0.2) is 6.61 Å². The first kappa shape index (κ1) is 21.3. The number of benzene rings is 2. The van der Waals surface area contributed by atoms with Crippen molar-refractivity contribution in [2.75, 3.05) is 25.0 Å². The first-order valence-corrected chi connectivity index (χ1v) is 11.4. The molecule has 1 fully saturated rings. The number of amides is 1. The first-order valence-electron chi connectivity index (χ1n) is 9.96. The van der Waals surface area contributed by atoms with E-state index in [0.29, 0.717) is 18.8 Å². The fourth-order valence-corrected chi connectivity index (χ4v) is 4.82. The molecule has 0 unspecified atom stereocenters. The highest BCUT2D eigenvalue weighted by Crippen LogP contribution is 2.22. The highest BCUT2D eigenvalue weighted by Gasteiger charge is 2.25. The van der Waals surface area contributed by atoms with Crippen molar-refractivity contribution in [3.8, 4) is 5.75 Å². The van der Waals surface area contributed by atoms with Crippen LogP contribution in [-0.4, -0.2) is 38.3 Å². The zero-order valence-corrected chi connectivity index (χ0v) is 17.8. The van der Waals surface area contributed by atoms with E-state index >= 15 is 0 Å². The largest absolute Gasteiger partial charge is 0.484 e. The number of ether oxygens (including phenoxy) is 1. The van der Waals surface area contributed by atoms with Gasteiger partial charge in [-0.3, -0.25) is 4.79 Å². The molecule has 1 heterocycles. The van der Waals surface area contributed by atoms with E-state index in [9.17, 15) is 13.2 Å². The van der Waals surface area contributed by atoms with Gasteiger partial charge in [-0.1, -0.05) is 18.9 Å². The summed E-state index contributed by atoms with van der Waals surface area (Å²) in [6, 6.07) is 12.0. The van der Waals surface area contributed by atoms with Gasteiger partial charge in [0.1, 0.15) is 5.75 Å². The Hall–Kier alpha value is -2.38. The number of carbonyl (C=O) groups excluding carboxylic acids is 1. The molecule has 2 aromatic carbocycles. The van der Waals surface area contributed by atoms with Crippen LogP contribution in [0, 0.1) is 13.8 Å². The lowest BCUT2D eigenvalue weighted by Crippen LogP contribution is -2.31. The topological polar surface area (TPSA) is 75.7 Å². The van der Waals surface area contributed by atoms with Crippen LogP contribution in [0.3, 0.4) is 0 Å². The van der Waals surface area contributed by atoms with E-state index in [-0.39, 0.29) is 17.4 Å². The number of nitrogens with one attached hydrogen (secondary N) is 1. The third-order valence-electron chi connectivity index (χ3n) is 5.19. The molecule has 0 aliphatic carbocycles. The van der Waals surface area contributed by atoms with Crippen LogP contribution in [0.4, 0.5) is 5.69 Å². The highest BCUT2D eigenvalue weighted by molar-refractivity contribution is 7.89. The van der Waals surface area contributed by atoms with Crippen molar-refractivity contribution in [2.45, 2.75) is 44.4 Å². The fourth-order valence-electron chi connectivity index (χ4n) is 3.30. The van der Waals surface area contributed by atoms with E-state index in [4.69, 9.17) is 4.74 Å². The molecular formula is C22H28N2O4S. The Morgan fingerprint density at radius 2 is 1.62 bits per heavy atom. The SMILES string of the molecule is Cc1ccc(NC(=O)COc2ccc(S(=O)(=O)N3CCCCCC3)cc2)cc1C. The summed E-state index contributed by atoms with van der Waals surface area (Å²) < 4.78 is 32.7. The van der Waals surface area contributed by atoms with Crippen LogP contribution < -0.4 is 10.1 Å². The molecule has 0 spiro atoms. The minimum atomic E-state index is -3.48. The number of sulfonamides is 1. The lowest BCUT2D eigenvalue weighted by atomic mass is 10.1. The van der Waals surface area contributed by atoms with Crippen molar-refractivity contribution < 1.29 is 17.9 Å². The van der Waals surface area contributed by atoms with Crippen molar-refractivity contribution in [3.63, 3.8) is 0 Å². The second-order valence-electron chi connectivity index (χ2n) is 7.43. The molecule has 0 aromatic heterocycles. The fraction of sp³-hybridized carbons (Fsp3) is 0.409. The van der Waals surface area contributed by atoms with Gasteiger partial charge in [0.2, 0.25) is 10.0 Å². The Balaban J connectivity index is 1.57. The average Bonchev–Trinajstić information content (AvgIpc) is 3.00. The lowest BCUT2D eigenvalue weighted by molar-refractivity contribution is -0.118. The molecular weight excluding hydrogens is 388 g/mol. The average molecular weight is 417 g/mol. The van der Waals surface area contributed by atoms with E-state index in [0.717, 1.165) is 42.5 Å². The Morgan fingerprint density at radius 1 is 0.966 bits per heavy atom. The first-order chi connectivity index (χ1) is 13.9. The van der Waals surface area contributed by atoms with E-state index in [1.807, 2.05) is 32.0 Å². The smallest absolute Gasteiger partial charge is 0.262 e. The molecule has 3 rings (SSSR count). The van der Waals surface area contributed by atoms with Gasteiger partial charge in [-0.2, -0.15) is 4.31 Å². The Labute approximate surface area is 172 Å². The third kappa shape index (κ3) is 5.58. The number of aryl methyl sites for hydroxylation is 2. The molecule has 1 amide bonds. The van der Waals surface area contributed by atoms with Crippen molar-refractivity contribution in [1.29, 1.82) is 0 Å². The number of rotatable bonds is 6. The molecule has 1 aliphatic heterocycles. The van der Waals surface area contributed by atoms with Crippen LogP contribution in [0.2, 0.25) is 0 Å². The molecule has 2 aromatic rings. The minimum absolute atomic E-state index is 0.148. The van der Waals surface area contributed by atoms with E-state index in [2.05, 4.69) is 5.32 Å². The summed E-state index contributed by atoms with van der Waals surface area (Å²) in [7, 11) is -3.48. The van der Waals surface area contributed by atoms with Gasteiger partial charge in [0.25, 0.3) is 5.91 Å². The Morgan fingerprint density at radius 3 is 2.24 bits per heavy atom. The van der Waals surface area contributed by atoms with Crippen molar-refractivity contribution in [2.24, 2.45) is 0 Å². The maximum atomic E-state index is 12.8. The lowest BCUT2D eigenvalue weighted by Gasteiger charge is -2.20. The van der Waals surface area contributed by atoms with Crippen molar-refractivity contribution >= 4 is 21.6 Å². The monoisotopic (exact) mass is 416 g/mol. The zero-order chi connectivity index (χ0) is 20.9. The summed E-state index contributed by atoms with van der Waals surface area (Å²) in [5, 5.41) is 2.80. The van der Waals surface area contributed by atoms with E-state index < -0.39 is 10.0 Å². The molecule has 1 saturated heterocycles. The number of nitrogens with zero attached hydrogens (tertiary/aromatic N) is 1. The van der Waals surface area contributed by atoms with Gasteiger partial charge < -0.3 is 10.1 Å². The van der Waals surface area contributed by atoms with Crippen molar-refractivity contribution in [1.82, 2.24) is 4.31 Å². The molecule has 156 valence electrons. The minimum Gasteiger partial charge on any atom is -0.484 e. The van der Waals surface area contributed by atoms with Gasteiger partial charge in [0.05, 0.1) is 4.90 Å². The number of carbonyl (C=O) groups is 1. The summed E-state index contributed by atoms with van der Waals surface area (Å²) in [6.07, 6.45) is 3.94. The summed E-state index contributed by atoms with van der Waals surface area (Å²) >= 11 is 0. The Bertz CT molecular complexity index is 947. The zero-order valence-electron chi connectivity index (χ0n) is 17.0. The van der Waals surface area contributed by atoms with Gasteiger partial charge in [0, 0.05) is 18.8 Å². The normalized spacial score (nSPS) is 15.5. The number of anilines is 1. The predicted octanol–water partition coefficient (Wildman–Crippen LogP) is 3.89. The number of hydrogen-bond acceptors (Lipinski definition) is 4. The molecule has 0 radical (unpaired) electrons. The maximum Gasteiger partial charge on any atom is 0.262 e. The van der Waals surface area contributed by atoms with Crippen LogP contribution in [0.5, 0.6) is 5.75 Å². The number of hydrogen-bond donors (Lipinski definition) is 1. The molecule has 0 saturated carbocycles. The summed E-state index contributed by atoms with van der Waals surface area (Å²) in [5.41, 5.74) is 2.99. The standard InChI is InChI=1S/C22H28N2O4S/c1-17-7-8-19(15-18(17)2)23-22(25)16-28-20-9-11-21(12-10-20)29(26,27)24-13-5-3-4-6-14-24/h7-12,15H,3-6,13-14,16H2,1-2H3,(H,23,25). The van der Waals surface area contributed by atoms with Crippen molar-refractivity contribution in [3.05, 3.63) is 53.6 Å².